The van der Waals surface area contributed by atoms with Crippen LogP contribution in [-0.2, 0) is 13.0 Å². The van der Waals surface area contributed by atoms with E-state index in [1.165, 1.54) is 6.33 Å². The molecule has 1 unspecified atom stereocenters. The van der Waals surface area contributed by atoms with Crippen molar-refractivity contribution >= 4 is 11.0 Å². The second-order valence-corrected chi connectivity index (χ2v) is 4.40. The van der Waals surface area contributed by atoms with Gasteiger partial charge >= 0.3 is 0 Å². The highest BCUT2D eigenvalue weighted by molar-refractivity contribution is 5.81. The van der Waals surface area contributed by atoms with Crippen LogP contribution in [0, 0.1) is 0 Å². The summed E-state index contributed by atoms with van der Waals surface area (Å²) in [5.41, 5.74) is 1.58. The van der Waals surface area contributed by atoms with Gasteiger partial charge < -0.3 is 9.52 Å². The van der Waals surface area contributed by atoms with Gasteiger partial charge in [0.25, 0.3) is 0 Å². The molecule has 3 rings (SSSR count). The van der Waals surface area contributed by atoms with Gasteiger partial charge in [-0.05, 0) is 13.0 Å². The van der Waals surface area contributed by atoms with Crippen molar-refractivity contribution in [2.24, 2.45) is 0 Å². The topological polar surface area (TPSA) is 64.1 Å². The fourth-order valence-corrected chi connectivity index (χ4v) is 2.25. The lowest BCUT2D eigenvalue weighted by Crippen LogP contribution is -2.09. The highest BCUT2D eigenvalue weighted by Crippen LogP contribution is 2.27. The van der Waals surface area contributed by atoms with Crippen molar-refractivity contribution in [3.8, 4) is 0 Å². The van der Waals surface area contributed by atoms with E-state index < -0.39 is 6.10 Å². The summed E-state index contributed by atoms with van der Waals surface area (Å²) >= 11 is 0. The summed E-state index contributed by atoms with van der Waals surface area (Å²) < 4.78 is 7.23. The van der Waals surface area contributed by atoms with Gasteiger partial charge in [0.2, 0.25) is 0 Å². The van der Waals surface area contributed by atoms with Crippen molar-refractivity contribution in [3.63, 3.8) is 0 Å². The van der Waals surface area contributed by atoms with E-state index in [0.29, 0.717) is 6.42 Å². The number of aliphatic hydroxyl groups is 1. The first-order valence-corrected chi connectivity index (χ1v) is 6.30. The molecule has 5 heteroatoms. The first-order valence-electron chi connectivity index (χ1n) is 6.30. The molecule has 0 aliphatic rings. The Balaban J connectivity index is 1.90. The molecule has 0 saturated carbocycles. The largest absolute Gasteiger partial charge is 0.464 e. The number of rotatable bonds is 4. The summed E-state index contributed by atoms with van der Waals surface area (Å²) in [7, 11) is 0. The molecule has 0 radical (unpaired) electrons. The molecule has 19 heavy (non-hydrogen) atoms. The summed E-state index contributed by atoms with van der Waals surface area (Å²) in [5.74, 6) is 0.778. The van der Waals surface area contributed by atoms with E-state index in [1.54, 1.807) is 10.9 Å². The third-order valence-electron chi connectivity index (χ3n) is 3.24. The van der Waals surface area contributed by atoms with Crippen molar-refractivity contribution in [1.82, 2.24) is 14.8 Å². The van der Waals surface area contributed by atoms with Crippen LogP contribution in [0.5, 0.6) is 0 Å². The van der Waals surface area contributed by atoms with Crippen LogP contribution in [0.4, 0.5) is 0 Å². The molecule has 1 atom stereocenters. The molecule has 2 heterocycles. The summed E-state index contributed by atoms with van der Waals surface area (Å²) in [6, 6.07) is 7.68. The molecule has 0 bridgehead atoms. The van der Waals surface area contributed by atoms with E-state index in [1.807, 2.05) is 31.2 Å². The van der Waals surface area contributed by atoms with Crippen LogP contribution in [0.25, 0.3) is 11.0 Å². The minimum Gasteiger partial charge on any atom is -0.464 e. The number of aliphatic hydroxyl groups excluding tert-OH is 1. The van der Waals surface area contributed by atoms with Crippen LogP contribution in [0.3, 0.4) is 0 Å². The third-order valence-corrected chi connectivity index (χ3v) is 3.24. The number of aromatic nitrogens is 3. The molecule has 2 aromatic heterocycles. The fourth-order valence-electron chi connectivity index (χ4n) is 2.25. The number of furan rings is 1. The Bertz CT molecular complexity index is 687. The van der Waals surface area contributed by atoms with Gasteiger partial charge in [-0.15, -0.1) is 0 Å². The zero-order chi connectivity index (χ0) is 13.2. The maximum atomic E-state index is 10.4. The maximum absolute atomic E-state index is 10.4. The smallest absolute Gasteiger partial charge is 0.138 e. The second kappa shape index (κ2) is 4.85. The lowest BCUT2D eigenvalue weighted by Gasteiger charge is -2.09. The van der Waals surface area contributed by atoms with Gasteiger partial charge in [-0.1, -0.05) is 18.2 Å². The molecule has 0 fully saturated rings. The molecule has 0 spiro atoms. The van der Waals surface area contributed by atoms with Crippen molar-refractivity contribution in [3.05, 3.63) is 48.2 Å². The Kier molecular flexibility index (Phi) is 3.05. The van der Waals surface area contributed by atoms with E-state index in [-0.39, 0.29) is 0 Å². The van der Waals surface area contributed by atoms with Crippen molar-refractivity contribution in [1.29, 1.82) is 0 Å². The highest BCUT2D eigenvalue weighted by atomic mass is 16.3. The number of nitrogens with zero attached hydrogens (tertiary/aromatic N) is 3. The average Bonchev–Trinajstić information content (AvgIpc) is 3.04. The standard InChI is InChI=1S/C14H15N3O2/c1-2-17-14(15-9-16-17)7-12(18)11-8-19-13-6-4-3-5-10(11)13/h3-6,8-9,12,18H,2,7H2,1H3. The van der Waals surface area contributed by atoms with E-state index >= 15 is 0 Å². The number of hydrogen-bond donors (Lipinski definition) is 1. The van der Waals surface area contributed by atoms with Crippen LogP contribution in [0.1, 0.15) is 24.4 Å². The second-order valence-electron chi connectivity index (χ2n) is 4.40. The molecular formula is C14H15N3O2. The Morgan fingerprint density at radius 1 is 1.37 bits per heavy atom. The van der Waals surface area contributed by atoms with Gasteiger partial charge in [-0.2, -0.15) is 5.10 Å². The molecule has 0 aliphatic heterocycles. The summed E-state index contributed by atoms with van der Waals surface area (Å²) in [5, 5.41) is 15.4. The molecule has 0 saturated heterocycles. The predicted molar refractivity (Wildman–Crippen MR) is 70.6 cm³/mol. The lowest BCUT2D eigenvalue weighted by molar-refractivity contribution is 0.174. The Morgan fingerprint density at radius 3 is 3.05 bits per heavy atom. The van der Waals surface area contributed by atoms with Crippen LogP contribution < -0.4 is 0 Å². The van der Waals surface area contributed by atoms with E-state index in [0.717, 1.165) is 28.9 Å². The monoisotopic (exact) mass is 257 g/mol. The molecule has 3 aromatic rings. The minimum atomic E-state index is -0.641. The molecule has 1 N–H and O–H groups in total. The number of fused-ring (bicyclic) bond motifs is 1. The van der Waals surface area contributed by atoms with Gasteiger partial charge in [0.05, 0.1) is 12.4 Å². The number of para-hydroxylation sites is 1. The van der Waals surface area contributed by atoms with Crippen LogP contribution >= 0.6 is 0 Å². The van der Waals surface area contributed by atoms with Crippen molar-refractivity contribution in [2.45, 2.75) is 26.0 Å². The fraction of sp³-hybridized carbons (Fsp3) is 0.286. The molecular weight excluding hydrogens is 242 g/mol. The van der Waals surface area contributed by atoms with Gasteiger partial charge in [-0.25, -0.2) is 4.98 Å². The Labute approximate surface area is 110 Å². The number of benzene rings is 1. The molecule has 0 amide bonds. The maximum Gasteiger partial charge on any atom is 0.138 e. The summed E-state index contributed by atoms with van der Waals surface area (Å²) in [4.78, 5) is 4.18. The van der Waals surface area contributed by atoms with Crippen LogP contribution in [0.2, 0.25) is 0 Å². The van der Waals surface area contributed by atoms with Gasteiger partial charge in [0, 0.05) is 23.9 Å². The van der Waals surface area contributed by atoms with Gasteiger partial charge in [-0.3, -0.25) is 4.68 Å². The highest BCUT2D eigenvalue weighted by Gasteiger charge is 2.17. The van der Waals surface area contributed by atoms with Crippen LogP contribution in [-0.4, -0.2) is 19.9 Å². The van der Waals surface area contributed by atoms with E-state index in [4.69, 9.17) is 4.42 Å². The first kappa shape index (κ1) is 11.9. The zero-order valence-electron chi connectivity index (χ0n) is 10.7. The molecule has 5 nitrogen and oxygen atoms in total. The first-order chi connectivity index (χ1) is 9.29. The summed E-state index contributed by atoms with van der Waals surface area (Å²) in [6.45, 7) is 2.74. The SMILES string of the molecule is CCn1ncnc1CC(O)c1coc2ccccc12. The molecule has 0 aliphatic carbocycles. The van der Waals surface area contributed by atoms with E-state index in [2.05, 4.69) is 10.1 Å². The van der Waals surface area contributed by atoms with Gasteiger partial charge in [0.1, 0.15) is 17.7 Å². The number of hydrogen-bond acceptors (Lipinski definition) is 4. The average molecular weight is 257 g/mol. The van der Waals surface area contributed by atoms with Crippen LogP contribution in [0.15, 0.2) is 41.3 Å². The predicted octanol–water partition coefficient (Wildman–Crippen LogP) is 2.32. The Hall–Kier alpha value is -2.14. The summed E-state index contributed by atoms with van der Waals surface area (Å²) in [6.07, 6.45) is 2.91. The third kappa shape index (κ3) is 2.13. The van der Waals surface area contributed by atoms with Crippen molar-refractivity contribution in [2.75, 3.05) is 0 Å². The normalized spacial score (nSPS) is 12.9. The lowest BCUT2D eigenvalue weighted by atomic mass is 10.1. The quantitative estimate of drug-likeness (QED) is 0.779. The Morgan fingerprint density at radius 2 is 2.21 bits per heavy atom. The van der Waals surface area contributed by atoms with Gasteiger partial charge in [0.15, 0.2) is 0 Å². The molecule has 98 valence electrons. The van der Waals surface area contributed by atoms with E-state index in [9.17, 15) is 5.11 Å². The zero-order valence-corrected chi connectivity index (χ0v) is 10.7. The van der Waals surface area contributed by atoms with Crippen molar-refractivity contribution < 1.29 is 9.52 Å². The number of aryl methyl sites for hydroxylation is 1. The minimum absolute atomic E-state index is 0.428. The molecule has 1 aromatic carbocycles.